The van der Waals surface area contributed by atoms with Crippen LogP contribution in [0.4, 0.5) is 5.69 Å². The Balaban J connectivity index is 1.88. The molecule has 0 radical (unpaired) electrons. The first-order valence-corrected chi connectivity index (χ1v) is 7.40. The molecule has 106 valence electrons. The lowest BCUT2D eigenvalue weighted by Gasteiger charge is -2.05. The van der Waals surface area contributed by atoms with Crippen molar-refractivity contribution in [2.24, 2.45) is 0 Å². The van der Waals surface area contributed by atoms with Gasteiger partial charge in [0.15, 0.2) is 0 Å². The summed E-state index contributed by atoms with van der Waals surface area (Å²) in [6, 6.07) is 3.59. The van der Waals surface area contributed by atoms with Gasteiger partial charge in [0.1, 0.15) is 10.7 Å². The summed E-state index contributed by atoms with van der Waals surface area (Å²) >= 11 is 1.58. The molecule has 20 heavy (non-hydrogen) atoms. The Morgan fingerprint density at radius 3 is 2.75 bits per heavy atom. The van der Waals surface area contributed by atoms with Crippen molar-refractivity contribution in [3.05, 3.63) is 40.1 Å². The van der Waals surface area contributed by atoms with E-state index in [1.54, 1.807) is 29.8 Å². The first kappa shape index (κ1) is 14.5. The van der Waals surface area contributed by atoms with Crippen molar-refractivity contribution in [1.29, 1.82) is 0 Å². The first-order valence-electron chi connectivity index (χ1n) is 6.58. The average Bonchev–Trinajstić information content (AvgIpc) is 2.89. The van der Waals surface area contributed by atoms with Gasteiger partial charge in [-0.05, 0) is 25.5 Å². The number of anilines is 1. The summed E-state index contributed by atoms with van der Waals surface area (Å²) in [5.41, 5.74) is 1.35. The van der Waals surface area contributed by atoms with E-state index < -0.39 is 0 Å². The van der Waals surface area contributed by atoms with E-state index in [1.165, 1.54) is 0 Å². The molecule has 0 saturated heterocycles. The van der Waals surface area contributed by atoms with Crippen molar-refractivity contribution in [2.45, 2.75) is 26.8 Å². The minimum Gasteiger partial charge on any atom is -0.384 e. The Morgan fingerprint density at radius 1 is 1.30 bits per heavy atom. The van der Waals surface area contributed by atoms with Crippen LogP contribution in [0.2, 0.25) is 0 Å². The molecule has 0 aliphatic heterocycles. The fourth-order valence-electron chi connectivity index (χ4n) is 1.63. The van der Waals surface area contributed by atoms with Crippen LogP contribution in [0.1, 0.15) is 33.7 Å². The third-order valence-electron chi connectivity index (χ3n) is 2.64. The highest BCUT2D eigenvalue weighted by atomic mass is 32.1. The Labute approximate surface area is 122 Å². The molecule has 2 heterocycles. The molecule has 1 amide bonds. The van der Waals surface area contributed by atoms with Crippen molar-refractivity contribution in [1.82, 2.24) is 15.3 Å². The second-order valence-corrected chi connectivity index (χ2v) is 5.73. The van der Waals surface area contributed by atoms with Gasteiger partial charge in [0.2, 0.25) is 0 Å². The van der Waals surface area contributed by atoms with Crippen LogP contribution >= 0.6 is 11.3 Å². The number of rotatable bonds is 6. The van der Waals surface area contributed by atoms with Crippen molar-refractivity contribution < 1.29 is 4.79 Å². The molecule has 2 aromatic heterocycles. The van der Waals surface area contributed by atoms with Crippen LogP contribution in [0.15, 0.2) is 24.5 Å². The van der Waals surface area contributed by atoms with Crippen LogP contribution < -0.4 is 10.6 Å². The molecule has 0 spiro atoms. The van der Waals surface area contributed by atoms with Gasteiger partial charge >= 0.3 is 0 Å². The molecule has 6 heteroatoms. The van der Waals surface area contributed by atoms with Gasteiger partial charge in [-0.15, -0.1) is 11.3 Å². The average molecular weight is 290 g/mol. The van der Waals surface area contributed by atoms with Gasteiger partial charge in [-0.25, -0.2) is 9.97 Å². The molecule has 2 rings (SSSR count). The minimum atomic E-state index is -0.181. The molecule has 2 aromatic rings. The molecule has 0 aliphatic carbocycles. The van der Waals surface area contributed by atoms with Gasteiger partial charge in [0.25, 0.3) is 5.91 Å². The highest BCUT2D eigenvalue weighted by Gasteiger charge is 2.08. The summed E-state index contributed by atoms with van der Waals surface area (Å²) in [5.74, 6) is -0.181. The van der Waals surface area contributed by atoms with Gasteiger partial charge in [0, 0.05) is 17.6 Å². The Hall–Kier alpha value is -1.95. The van der Waals surface area contributed by atoms with Gasteiger partial charge in [0.05, 0.1) is 18.4 Å². The third kappa shape index (κ3) is 4.03. The number of amides is 1. The summed E-state index contributed by atoms with van der Waals surface area (Å²) in [7, 11) is 0. The van der Waals surface area contributed by atoms with Crippen molar-refractivity contribution in [3.63, 3.8) is 0 Å². The smallest absolute Gasteiger partial charge is 0.270 e. The monoisotopic (exact) mass is 290 g/mol. The number of thiazole rings is 1. The van der Waals surface area contributed by atoms with Crippen LogP contribution in [-0.4, -0.2) is 22.4 Å². The van der Waals surface area contributed by atoms with Crippen molar-refractivity contribution in [3.8, 4) is 0 Å². The largest absolute Gasteiger partial charge is 0.384 e. The third-order valence-corrected chi connectivity index (χ3v) is 3.56. The highest BCUT2D eigenvalue weighted by molar-refractivity contribution is 7.11. The van der Waals surface area contributed by atoms with Crippen molar-refractivity contribution >= 4 is 22.9 Å². The molecule has 0 fully saturated rings. The zero-order chi connectivity index (χ0) is 14.4. The maximum Gasteiger partial charge on any atom is 0.270 e. The molecule has 0 bridgehead atoms. The van der Waals surface area contributed by atoms with Gasteiger partial charge < -0.3 is 10.6 Å². The number of pyridine rings is 1. The van der Waals surface area contributed by atoms with Crippen molar-refractivity contribution in [2.75, 3.05) is 11.9 Å². The maximum absolute atomic E-state index is 11.9. The lowest BCUT2D eigenvalue weighted by Crippen LogP contribution is -2.23. The SMILES string of the molecule is CCCNc1ccc(C(=O)NCc2ncc(C)s2)nc1. The van der Waals surface area contributed by atoms with Gasteiger partial charge in [-0.1, -0.05) is 6.92 Å². The molecular weight excluding hydrogens is 272 g/mol. The fourth-order valence-corrected chi connectivity index (χ4v) is 2.36. The number of aryl methyl sites for hydroxylation is 1. The number of carbonyl (C=O) groups excluding carboxylic acids is 1. The van der Waals surface area contributed by atoms with Gasteiger partial charge in [-0.2, -0.15) is 0 Å². The van der Waals surface area contributed by atoms with Crippen LogP contribution in [0.5, 0.6) is 0 Å². The number of nitrogens with zero attached hydrogens (tertiary/aromatic N) is 2. The first-order chi connectivity index (χ1) is 9.69. The topological polar surface area (TPSA) is 66.9 Å². The van der Waals surface area contributed by atoms with E-state index in [1.807, 2.05) is 13.0 Å². The zero-order valence-electron chi connectivity index (χ0n) is 11.6. The quantitative estimate of drug-likeness (QED) is 0.858. The second kappa shape index (κ2) is 7.00. The number of aromatic nitrogens is 2. The van der Waals surface area contributed by atoms with Crippen LogP contribution in [-0.2, 0) is 6.54 Å². The minimum absolute atomic E-state index is 0.181. The molecule has 0 saturated carbocycles. The zero-order valence-corrected chi connectivity index (χ0v) is 12.5. The summed E-state index contributed by atoms with van der Waals surface area (Å²) in [6.45, 7) is 5.43. The predicted octanol–water partition coefficient (Wildman–Crippen LogP) is 2.60. The normalized spacial score (nSPS) is 10.3. The Bertz CT molecular complexity index is 565. The van der Waals surface area contributed by atoms with Crippen LogP contribution in [0, 0.1) is 6.92 Å². The van der Waals surface area contributed by atoms with E-state index in [2.05, 4.69) is 27.5 Å². The van der Waals surface area contributed by atoms with Crippen LogP contribution in [0.3, 0.4) is 0 Å². The van der Waals surface area contributed by atoms with E-state index in [-0.39, 0.29) is 5.91 Å². The molecule has 5 nitrogen and oxygen atoms in total. The second-order valence-electron chi connectivity index (χ2n) is 4.41. The number of nitrogens with one attached hydrogen (secondary N) is 2. The lowest BCUT2D eigenvalue weighted by atomic mass is 10.3. The molecule has 0 atom stereocenters. The fraction of sp³-hybridized carbons (Fsp3) is 0.357. The summed E-state index contributed by atoms with van der Waals surface area (Å²) in [4.78, 5) is 21.4. The van der Waals surface area contributed by atoms with E-state index in [0.29, 0.717) is 12.2 Å². The van der Waals surface area contributed by atoms with E-state index in [4.69, 9.17) is 0 Å². The number of hydrogen-bond donors (Lipinski definition) is 2. The van der Waals surface area contributed by atoms with E-state index >= 15 is 0 Å². The predicted molar refractivity (Wildman–Crippen MR) is 81.0 cm³/mol. The Morgan fingerprint density at radius 2 is 2.15 bits per heavy atom. The lowest BCUT2D eigenvalue weighted by molar-refractivity contribution is 0.0946. The summed E-state index contributed by atoms with van der Waals surface area (Å²) in [5, 5.41) is 6.94. The highest BCUT2D eigenvalue weighted by Crippen LogP contribution is 2.11. The standard InChI is InChI=1S/C14H18N4OS/c1-3-6-15-11-4-5-12(16-8-11)14(19)18-9-13-17-7-10(2)20-13/h4-5,7-8,15H,3,6,9H2,1-2H3,(H,18,19). The summed E-state index contributed by atoms with van der Waals surface area (Å²) < 4.78 is 0. The molecular formula is C14H18N4OS. The van der Waals surface area contributed by atoms with E-state index in [0.717, 1.165) is 28.5 Å². The molecule has 0 unspecified atom stereocenters. The molecule has 0 aliphatic rings. The van der Waals surface area contributed by atoms with E-state index in [9.17, 15) is 4.79 Å². The Kier molecular flexibility index (Phi) is 5.06. The summed E-state index contributed by atoms with van der Waals surface area (Å²) in [6.07, 6.45) is 4.53. The maximum atomic E-state index is 11.9. The van der Waals surface area contributed by atoms with Crippen LogP contribution in [0.25, 0.3) is 0 Å². The van der Waals surface area contributed by atoms with Gasteiger partial charge in [-0.3, -0.25) is 4.79 Å². The molecule has 0 aromatic carbocycles. The number of carbonyl (C=O) groups is 1. The number of hydrogen-bond acceptors (Lipinski definition) is 5. The molecule has 2 N–H and O–H groups in total.